The summed E-state index contributed by atoms with van der Waals surface area (Å²) < 4.78 is 0. The first-order chi connectivity index (χ1) is 15.2. The number of benzene rings is 1. The highest BCUT2D eigenvalue weighted by molar-refractivity contribution is 5.92. The van der Waals surface area contributed by atoms with Gasteiger partial charge in [-0.25, -0.2) is 4.98 Å². The summed E-state index contributed by atoms with van der Waals surface area (Å²) in [6.07, 6.45) is 6.23. The summed E-state index contributed by atoms with van der Waals surface area (Å²) in [5.41, 5.74) is 6.13. The zero-order valence-corrected chi connectivity index (χ0v) is 18.1. The van der Waals surface area contributed by atoms with Crippen LogP contribution < -0.4 is 10.6 Å². The fraction of sp³-hybridized carbons (Fsp3) is 0.542. The summed E-state index contributed by atoms with van der Waals surface area (Å²) in [7, 11) is 0. The molecule has 7 heteroatoms. The van der Waals surface area contributed by atoms with Gasteiger partial charge in [0.2, 0.25) is 5.91 Å². The molecule has 2 saturated heterocycles. The number of aromatic nitrogens is 1. The van der Waals surface area contributed by atoms with Gasteiger partial charge < -0.3 is 15.5 Å². The van der Waals surface area contributed by atoms with E-state index in [0.717, 1.165) is 64.2 Å². The van der Waals surface area contributed by atoms with E-state index in [-0.39, 0.29) is 11.9 Å². The normalized spacial score (nSPS) is 20.7. The molecule has 0 unspecified atom stereocenters. The Kier molecular flexibility index (Phi) is 7.00. The minimum absolute atomic E-state index is 0.0553. The van der Waals surface area contributed by atoms with Crippen molar-refractivity contribution in [1.29, 1.82) is 5.26 Å². The molecule has 0 bridgehead atoms. The number of carbonyl (C=O) groups excluding carboxylic acids is 1. The molecule has 0 spiro atoms. The van der Waals surface area contributed by atoms with Gasteiger partial charge in [-0.15, -0.1) is 0 Å². The highest BCUT2D eigenvalue weighted by Gasteiger charge is 2.31. The summed E-state index contributed by atoms with van der Waals surface area (Å²) in [4.78, 5) is 23.7. The smallest absolute Gasteiger partial charge is 0.240 e. The molecule has 0 saturated carbocycles. The molecule has 31 heavy (non-hydrogen) atoms. The van der Waals surface area contributed by atoms with Crippen molar-refractivity contribution >= 4 is 22.5 Å². The van der Waals surface area contributed by atoms with Crippen molar-refractivity contribution in [2.24, 2.45) is 5.73 Å². The van der Waals surface area contributed by atoms with Crippen molar-refractivity contribution in [1.82, 2.24) is 14.8 Å². The molecule has 2 N–H and O–H groups in total. The molecule has 164 valence electrons. The van der Waals surface area contributed by atoms with Crippen molar-refractivity contribution in [3.05, 3.63) is 36.5 Å². The Morgan fingerprint density at radius 2 is 1.97 bits per heavy atom. The molecule has 4 rings (SSSR count). The Balaban J connectivity index is 1.19. The molecule has 0 aliphatic carbocycles. The number of nitrogens with two attached hydrogens (primary N) is 1. The molecule has 2 atom stereocenters. The minimum atomic E-state index is -0.483. The van der Waals surface area contributed by atoms with E-state index in [1.807, 2.05) is 6.20 Å². The topological polar surface area (TPSA) is 89.5 Å². The Morgan fingerprint density at radius 3 is 2.77 bits per heavy atom. The van der Waals surface area contributed by atoms with Crippen LogP contribution in [0, 0.1) is 11.3 Å². The lowest BCUT2D eigenvalue weighted by Crippen LogP contribution is -2.47. The summed E-state index contributed by atoms with van der Waals surface area (Å²) in [5.74, 6) is 1.03. The Bertz CT molecular complexity index is 928. The average molecular weight is 421 g/mol. The number of likely N-dealkylation sites (tertiary alicyclic amines) is 1. The van der Waals surface area contributed by atoms with E-state index < -0.39 is 6.04 Å². The third-order valence-electron chi connectivity index (χ3n) is 6.57. The first kappa shape index (κ1) is 21.5. The second kappa shape index (κ2) is 10.1. The van der Waals surface area contributed by atoms with Crippen LogP contribution in [0.2, 0.25) is 0 Å². The quantitative estimate of drug-likeness (QED) is 0.692. The molecule has 2 aliphatic heterocycles. The average Bonchev–Trinajstić information content (AvgIpc) is 3.30. The lowest BCUT2D eigenvalue weighted by Gasteiger charge is -2.36. The van der Waals surface area contributed by atoms with Crippen molar-refractivity contribution in [2.45, 2.75) is 44.2 Å². The molecule has 2 fully saturated rings. The zero-order chi connectivity index (χ0) is 21.6. The number of amides is 1. The van der Waals surface area contributed by atoms with Gasteiger partial charge in [-0.05, 0) is 43.7 Å². The second-order valence-electron chi connectivity index (χ2n) is 8.61. The van der Waals surface area contributed by atoms with Crippen molar-refractivity contribution in [3.8, 4) is 6.07 Å². The molecule has 7 nitrogen and oxygen atoms in total. The number of nitrogens with zero attached hydrogens (tertiary/aromatic N) is 5. The highest BCUT2D eigenvalue weighted by Crippen LogP contribution is 2.25. The van der Waals surface area contributed by atoms with Crippen LogP contribution in [0.4, 0.5) is 5.82 Å². The standard InChI is InChI=1S/C24H32N6O/c25-18-20-7-5-13-30(20)24(31)22(26)9-3-4-12-28-14-16-29(17-15-28)23-21-8-2-1-6-19(21)10-11-27-23/h1-2,6,8,10-11,20,22H,3-5,7,9,12-17,26H2/t20-,22-/m0/s1. The Hall–Kier alpha value is -2.69. The lowest BCUT2D eigenvalue weighted by molar-refractivity contribution is -0.132. The number of hydrogen-bond donors (Lipinski definition) is 1. The van der Waals surface area contributed by atoms with E-state index in [1.54, 1.807) is 4.90 Å². The van der Waals surface area contributed by atoms with E-state index in [4.69, 9.17) is 5.73 Å². The molecular weight excluding hydrogens is 388 g/mol. The summed E-state index contributed by atoms with van der Waals surface area (Å²) in [5, 5.41) is 11.6. The Labute approximate surface area is 184 Å². The van der Waals surface area contributed by atoms with E-state index in [9.17, 15) is 10.1 Å². The first-order valence-electron chi connectivity index (χ1n) is 11.4. The maximum Gasteiger partial charge on any atom is 0.240 e. The highest BCUT2D eigenvalue weighted by atomic mass is 16.2. The molecule has 0 radical (unpaired) electrons. The van der Waals surface area contributed by atoms with Crippen LogP contribution in [-0.2, 0) is 4.79 Å². The molecule has 1 aromatic carbocycles. The number of hydrogen-bond acceptors (Lipinski definition) is 6. The van der Waals surface area contributed by atoms with Crippen molar-refractivity contribution < 1.29 is 4.79 Å². The van der Waals surface area contributed by atoms with E-state index in [0.29, 0.717) is 13.0 Å². The number of fused-ring (bicyclic) bond motifs is 1. The molecule has 2 aromatic rings. The third kappa shape index (κ3) is 4.97. The van der Waals surface area contributed by atoms with Crippen LogP contribution in [0.25, 0.3) is 10.8 Å². The van der Waals surface area contributed by atoms with E-state index in [2.05, 4.69) is 51.2 Å². The summed E-state index contributed by atoms with van der Waals surface area (Å²) in [6, 6.07) is 11.9. The molecule has 1 aromatic heterocycles. The number of piperazine rings is 1. The van der Waals surface area contributed by atoms with Gasteiger partial charge in [0.25, 0.3) is 0 Å². The number of carbonyl (C=O) groups is 1. The molecule has 1 amide bonds. The van der Waals surface area contributed by atoms with Crippen LogP contribution in [0.3, 0.4) is 0 Å². The minimum Gasteiger partial charge on any atom is -0.354 e. The van der Waals surface area contributed by atoms with Crippen LogP contribution in [0.5, 0.6) is 0 Å². The maximum atomic E-state index is 12.5. The van der Waals surface area contributed by atoms with Gasteiger partial charge in [-0.1, -0.05) is 30.7 Å². The molecular formula is C24H32N6O. The lowest BCUT2D eigenvalue weighted by atomic mass is 10.1. The Morgan fingerprint density at radius 1 is 1.16 bits per heavy atom. The molecule has 3 heterocycles. The van der Waals surface area contributed by atoms with Gasteiger partial charge in [0.05, 0.1) is 12.1 Å². The predicted octanol–water partition coefficient (Wildman–Crippen LogP) is 2.37. The summed E-state index contributed by atoms with van der Waals surface area (Å²) in [6.45, 7) is 5.69. The number of rotatable bonds is 7. The maximum absolute atomic E-state index is 12.5. The third-order valence-corrected chi connectivity index (χ3v) is 6.57. The van der Waals surface area contributed by atoms with E-state index in [1.165, 1.54) is 10.8 Å². The van der Waals surface area contributed by atoms with Gasteiger partial charge in [0, 0.05) is 44.3 Å². The number of unbranched alkanes of at least 4 members (excludes halogenated alkanes) is 1. The monoisotopic (exact) mass is 420 g/mol. The second-order valence-corrected chi connectivity index (χ2v) is 8.61. The van der Waals surface area contributed by atoms with Gasteiger partial charge in [0.15, 0.2) is 0 Å². The van der Waals surface area contributed by atoms with Crippen LogP contribution in [-0.4, -0.2) is 72.0 Å². The number of nitriles is 1. The van der Waals surface area contributed by atoms with Crippen molar-refractivity contribution in [3.63, 3.8) is 0 Å². The fourth-order valence-electron chi connectivity index (χ4n) is 4.74. The summed E-state index contributed by atoms with van der Waals surface area (Å²) >= 11 is 0. The SMILES string of the molecule is N#C[C@@H]1CCCN1C(=O)[C@@H](N)CCCCN1CCN(c2nccc3ccccc23)CC1. The number of anilines is 1. The zero-order valence-electron chi connectivity index (χ0n) is 18.1. The van der Waals surface area contributed by atoms with Gasteiger partial charge >= 0.3 is 0 Å². The number of pyridine rings is 1. The van der Waals surface area contributed by atoms with E-state index >= 15 is 0 Å². The fourth-order valence-corrected chi connectivity index (χ4v) is 4.74. The largest absolute Gasteiger partial charge is 0.354 e. The molecule has 2 aliphatic rings. The van der Waals surface area contributed by atoms with Crippen molar-refractivity contribution in [2.75, 3.05) is 44.2 Å². The van der Waals surface area contributed by atoms with Gasteiger partial charge in [-0.3, -0.25) is 9.69 Å². The first-order valence-corrected chi connectivity index (χ1v) is 11.4. The van der Waals surface area contributed by atoms with Crippen LogP contribution >= 0.6 is 0 Å². The van der Waals surface area contributed by atoms with Gasteiger partial charge in [0.1, 0.15) is 11.9 Å². The van der Waals surface area contributed by atoms with Crippen LogP contribution in [0.15, 0.2) is 36.5 Å². The van der Waals surface area contributed by atoms with Gasteiger partial charge in [-0.2, -0.15) is 5.26 Å². The predicted molar refractivity (Wildman–Crippen MR) is 123 cm³/mol. The van der Waals surface area contributed by atoms with Crippen LogP contribution in [0.1, 0.15) is 32.1 Å².